The van der Waals surface area contributed by atoms with Crippen molar-refractivity contribution in [2.45, 2.75) is 26.0 Å². The summed E-state index contributed by atoms with van der Waals surface area (Å²) in [4.78, 5) is 7.68. The maximum absolute atomic E-state index is 3.60. The molecule has 0 fully saturated rings. The van der Waals surface area contributed by atoms with Crippen molar-refractivity contribution in [3.8, 4) is 0 Å². The first-order valence-electron chi connectivity index (χ1n) is 13.9. The first-order chi connectivity index (χ1) is 21.8. The Hall–Kier alpha value is -1.78. The Labute approximate surface area is 314 Å². The summed E-state index contributed by atoms with van der Waals surface area (Å²) in [5.74, 6) is 0. The number of nitrogens with zero attached hydrogens (tertiary/aromatic N) is 1. The van der Waals surface area contributed by atoms with Crippen LogP contribution in [0.4, 0.5) is 17.1 Å². The second-order valence-electron chi connectivity index (χ2n) is 10.1. The predicted molar refractivity (Wildman–Crippen MR) is 210 cm³/mol. The van der Waals surface area contributed by atoms with Gasteiger partial charge in [-0.1, -0.05) is 164 Å². The van der Waals surface area contributed by atoms with Crippen molar-refractivity contribution in [2.75, 3.05) is 4.90 Å². The predicted octanol–water partition coefficient (Wildman–Crippen LogP) is 14.9. The fraction of sp³-hybridized carbons (Fsp3) is 0.0270. The molecule has 0 bridgehead atoms. The summed E-state index contributed by atoms with van der Waals surface area (Å²) >= 11 is 21.0. The zero-order chi connectivity index (χ0) is 31.3. The van der Waals surface area contributed by atoms with E-state index < -0.39 is 0 Å². The van der Waals surface area contributed by atoms with E-state index >= 15 is 0 Å². The molecular formula is C37H24Br5NS2. The van der Waals surface area contributed by atoms with Crippen LogP contribution in [0.3, 0.4) is 0 Å². The van der Waals surface area contributed by atoms with Crippen LogP contribution in [0, 0.1) is 0 Å². The van der Waals surface area contributed by atoms with Gasteiger partial charge in [-0.15, -0.1) is 0 Å². The van der Waals surface area contributed by atoms with E-state index in [9.17, 15) is 0 Å². The zero-order valence-electron chi connectivity index (χ0n) is 23.6. The molecule has 0 aromatic heterocycles. The van der Waals surface area contributed by atoms with Crippen LogP contribution in [0.25, 0.3) is 0 Å². The molecule has 6 aromatic carbocycles. The normalized spacial score (nSPS) is 12.2. The summed E-state index contributed by atoms with van der Waals surface area (Å²) in [5, 5.41) is 0. The monoisotopic (exact) mass is 941 g/mol. The number of halogens is 5. The van der Waals surface area contributed by atoms with Gasteiger partial charge in [-0.05, 0) is 90.3 Å². The quantitative estimate of drug-likeness (QED) is 0.161. The topological polar surface area (TPSA) is 3.24 Å². The molecule has 2 heterocycles. The minimum atomic E-state index is 1.06. The highest BCUT2D eigenvalue weighted by Gasteiger charge is 2.24. The highest BCUT2D eigenvalue weighted by Crippen LogP contribution is 2.51. The highest BCUT2D eigenvalue weighted by molar-refractivity contribution is 9.11. The van der Waals surface area contributed by atoms with Crippen LogP contribution in [-0.4, -0.2) is 0 Å². The second kappa shape index (κ2) is 15.4. The van der Waals surface area contributed by atoms with E-state index in [1.54, 1.807) is 0 Å². The first-order valence-corrected chi connectivity index (χ1v) is 19.5. The summed E-state index contributed by atoms with van der Waals surface area (Å²) in [5.41, 5.74) is 6.49. The van der Waals surface area contributed by atoms with Gasteiger partial charge < -0.3 is 4.90 Å². The zero-order valence-corrected chi connectivity index (χ0v) is 33.1. The number of fused-ring (bicyclic) bond motifs is 4. The second-order valence-corrected chi connectivity index (χ2v) is 16.8. The Morgan fingerprint density at radius 1 is 0.400 bits per heavy atom. The molecule has 224 valence electrons. The van der Waals surface area contributed by atoms with Crippen LogP contribution in [0.15, 0.2) is 175 Å². The van der Waals surface area contributed by atoms with Gasteiger partial charge in [-0.25, -0.2) is 0 Å². The van der Waals surface area contributed by atoms with Crippen LogP contribution >= 0.6 is 103 Å². The van der Waals surface area contributed by atoms with E-state index in [1.165, 1.54) is 42.1 Å². The molecule has 0 spiro atoms. The van der Waals surface area contributed by atoms with Crippen molar-refractivity contribution < 1.29 is 0 Å². The van der Waals surface area contributed by atoms with Crippen molar-refractivity contribution in [3.63, 3.8) is 0 Å². The molecule has 0 radical (unpaired) electrons. The lowest BCUT2D eigenvalue weighted by molar-refractivity contribution is 1.06. The number of hydrogen-bond acceptors (Lipinski definition) is 3. The fourth-order valence-electron chi connectivity index (χ4n) is 4.99. The van der Waals surface area contributed by atoms with Gasteiger partial charge >= 0.3 is 0 Å². The standard InChI is InChI=1S/C18H11Br2NS.C13H10S.C6H3Br3/c19-12-9-13(20)11-14(10-12)21-15-5-1-3-7-17(15)22-18-8-4-2-6-16(18)21;1-3-7-12-10(5-1)9-11-6-2-4-8-13(11)14-12;7-4-1-5(8)3-6(9)2-4/h1-11H;1-8H,9H2;1-3H. The summed E-state index contributed by atoms with van der Waals surface area (Å²) in [7, 11) is 0. The Morgan fingerprint density at radius 2 is 0.733 bits per heavy atom. The van der Waals surface area contributed by atoms with Gasteiger partial charge in [0.1, 0.15) is 0 Å². The number of para-hydroxylation sites is 2. The van der Waals surface area contributed by atoms with E-state index in [-0.39, 0.29) is 0 Å². The van der Waals surface area contributed by atoms with Crippen LogP contribution in [0.1, 0.15) is 11.1 Å². The molecule has 0 N–H and O–H groups in total. The van der Waals surface area contributed by atoms with Gasteiger partial charge in [0, 0.05) is 47.6 Å². The molecule has 1 nitrogen and oxygen atoms in total. The van der Waals surface area contributed by atoms with E-state index in [0.717, 1.165) is 34.5 Å². The van der Waals surface area contributed by atoms with Crippen molar-refractivity contribution in [2.24, 2.45) is 0 Å². The maximum atomic E-state index is 3.60. The molecule has 0 amide bonds. The fourth-order valence-corrected chi connectivity index (χ4v) is 10.8. The van der Waals surface area contributed by atoms with E-state index in [2.05, 4.69) is 200 Å². The summed E-state index contributed by atoms with van der Waals surface area (Å²) in [6.07, 6.45) is 1.08. The molecule has 2 aliphatic heterocycles. The van der Waals surface area contributed by atoms with Crippen molar-refractivity contribution >= 4 is 120 Å². The lowest BCUT2D eigenvalue weighted by Crippen LogP contribution is -2.14. The number of anilines is 3. The minimum absolute atomic E-state index is 1.06. The van der Waals surface area contributed by atoms with Crippen LogP contribution in [0.2, 0.25) is 0 Å². The van der Waals surface area contributed by atoms with Gasteiger partial charge in [0.25, 0.3) is 0 Å². The van der Waals surface area contributed by atoms with Gasteiger partial charge in [-0.3, -0.25) is 0 Å². The maximum Gasteiger partial charge on any atom is 0.0601 e. The van der Waals surface area contributed by atoms with Crippen LogP contribution in [-0.2, 0) is 6.42 Å². The largest absolute Gasteiger partial charge is 0.308 e. The molecule has 8 heteroatoms. The molecule has 45 heavy (non-hydrogen) atoms. The Bertz CT molecular complexity index is 1780. The average Bonchev–Trinajstić information content (AvgIpc) is 3.02. The van der Waals surface area contributed by atoms with Gasteiger partial charge in [0.2, 0.25) is 0 Å². The Morgan fingerprint density at radius 3 is 1.18 bits per heavy atom. The highest BCUT2D eigenvalue weighted by atomic mass is 79.9. The average molecular weight is 946 g/mol. The molecule has 0 atom stereocenters. The van der Waals surface area contributed by atoms with Gasteiger partial charge in [-0.2, -0.15) is 0 Å². The molecule has 8 rings (SSSR count). The minimum Gasteiger partial charge on any atom is -0.308 e. The Kier molecular flexibility index (Phi) is 11.3. The SMILES string of the molecule is Brc1cc(Br)cc(Br)c1.Brc1cc(Br)cc(N2c3ccccc3Sc3ccccc32)c1.c1ccc2c(c1)Cc1ccccc1S2. The molecular weight excluding hydrogens is 922 g/mol. The van der Waals surface area contributed by atoms with Crippen molar-refractivity contribution in [1.29, 1.82) is 0 Å². The van der Waals surface area contributed by atoms with E-state index in [0.29, 0.717) is 0 Å². The van der Waals surface area contributed by atoms with Gasteiger partial charge in [0.15, 0.2) is 0 Å². The van der Waals surface area contributed by atoms with Gasteiger partial charge in [0.05, 0.1) is 11.4 Å². The number of benzene rings is 6. The smallest absolute Gasteiger partial charge is 0.0601 e. The third-order valence-electron chi connectivity index (χ3n) is 6.91. The molecule has 2 aliphatic rings. The lowest BCUT2D eigenvalue weighted by Gasteiger charge is -2.33. The Balaban J connectivity index is 0.000000132. The summed E-state index contributed by atoms with van der Waals surface area (Å²) in [6, 6.07) is 46.7. The van der Waals surface area contributed by atoms with Crippen LogP contribution in [0.5, 0.6) is 0 Å². The third kappa shape index (κ3) is 8.39. The summed E-state index contributed by atoms with van der Waals surface area (Å²) in [6.45, 7) is 0. The third-order valence-corrected chi connectivity index (χ3v) is 11.6. The lowest BCUT2D eigenvalue weighted by atomic mass is 10.0. The molecule has 0 aliphatic carbocycles. The van der Waals surface area contributed by atoms with Crippen LogP contribution < -0.4 is 4.90 Å². The molecule has 6 aromatic rings. The molecule has 0 saturated carbocycles. The van der Waals surface area contributed by atoms with E-state index in [4.69, 9.17) is 0 Å². The molecule has 0 unspecified atom stereocenters. The number of hydrogen-bond donors (Lipinski definition) is 0. The van der Waals surface area contributed by atoms with E-state index in [1.807, 2.05) is 41.7 Å². The summed E-state index contributed by atoms with van der Waals surface area (Å²) < 4.78 is 5.34. The first kappa shape index (κ1) is 33.1. The number of rotatable bonds is 1. The van der Waals surface area contributed by atoms with Crippen molar-refractivity contribution in [3.05, 3.63) is 167 Å². The molecule has 0 saturated heterocycles. The van der Waals surface area contributed by atoms with Crippen molar-refractivity contribution in [1.82, 2.24) is 0 Å².